The Hall–Kier alpha value is -1.95. The fourth-order valence-electron chi connectivity index (χ4n) is 2.25. The molecule has 1 saturated carbocycles. The zero-order valence-corrected chi connectivity index (χ0v) is 12.6. The second-order valence-corrected chi connectivity index (χ2v) is 5.14. The number of amides is 1. The van der Waals surface area contributed by atoms with E-state index < -0.39 is 11.9 Å². The number of hydrogen-bond donors (Lipinski definition) is 2. The van der Waals surface area contributed by atoms with Crippen LogP contribution < -0.4 is 25.3 Å². The summed E-state index contributed by atoms with van der Waals surface area (Å²) >= 11 is 0. The third-order valence-electron chi connectivity index (χ3n) is 3.64. The van der Waals surface area contributed by atoms with Crippen LogP contribution in [0.2, 0.25) is 0 Å². The number of hydrogen-bond acceptors (Lipinski definition) is 5. The first-order valence-electron chi connectivity index (χ1n) is 6.93. The lowest BCUT2D eigenvalue weighted by Crippen LogP contribution is -2.35. The summed E-state index contributed by atoms with van der Waals surface area (Å²) in [5.41, 5.74) is 6.19. The van der Waals surface area contributed by atoms with Crippen molar-refractivity contribution in [2.45, 2.75) is 18.9 Å². The van der Waals surface area contributed by atoms with E-state index in [4.69, 9.17) is 19.9 Å². The van der Waals surface area contributed by atoms with Crippen LogP contribution in [0, 0.1) is 5.92 Å². The minimum absolute atomic E-state index is 0.443. The molecule has 1 atom stereocenters. The average molecular weight is 294 g/mol. The Bertz CT molecular complexity index is 515. The molecular formula is C15H22N2O4. The van der Waals surface area contributed by atoms with Gasteiger partial charge >= 0.3 is 0 Å². The largest absolute Gasteiger partial charge is 0.496 e. The third-order valence-corrected chi connectivity index (χ3v) is 3.64. The van der Waals surface area contributed by atoms with E-state index in [1.54, 1.807) is 33.5 Å². The van der Waals surface area contributed by atoms with Gasteiger partial charge < -0.3 is 25.3 Å². The summed E-state index contributed by atoms with van der Waals surface area (Å²) in [6.07, 6.45) is 2.39. The number of carbonyl (C=O) groups excluding carboxylic acids is 1. The van der Waals surface area contributed by atoms with Gasteiger partial charge in [0.1, 0.15) is 11.8 Å². The standard InChI is InChI=1S/C15H22N2O4/c1-19-11-7-13(21-3)12(20-2)6-10(11)14(15(16)18)17-8-9-4-5-9/h6-7,9,14,17H,4-5,8H2,1-3H3,(H2,16,18). The Morgan fingerprint density at radius 1 is 1.19 bits per heavy atom. The smallest absolute Gasteiger partial charge is 0.239 e. The molecular weight excluding hydrogens is 272 g/mol. The van der Waals surface area contributed by atoms with Gasteiger partial charge in [-0.25, -0.2) is 0 Å². The molecule has 0 aliphatic heterocycles. The molecule has 1 aliphatic carbocycles. The Labute approximate surface area is 124 Å². The molecule has 1 aromatic carbocycles. The number of rotatable bonds is 8. The molecule has 116 valence electrons. The zero-order valence-electron chi connectivity index (χ0n) is 12.6. The second kappa shape index (κ2) is 6.67. The van der Waals surface area contributed by atoms with Gasteiger partial charge in [-0.3, -0.25) is 4.79 Å². The van der Waals surface area contributed by atoms with Crippen molar-refractivity contribution in [3.05, 3.63) is 17.7 Å². The normalized spacial score (nSPS) is 15.4. The van der Waals surface area contributed by atoms with E-state index in [1.807, 2.05) is 0 Å². The summed E-state index contributed by atoms with van der Waals surface area (Å²) in [6, 6.07) is 2.82. The predicted octanol–water partition coefficient (Wildman–Crippen LogP) is 1.24. The Morgan fingerprint density at radius 2 is 1.76 bits per heavy atom. The van der Waals surface area contributed by atoms with Crippen molar-refractivity contribution in [3.63, 3.8) is 0 Å². The fraction of sp³-hybridized carbons (Fsp3) is 0.533. The topological polar surface area (TPSA) is 82.8 Å². The van der Waals surface area contributed by atoms with Gasteiger partial charge in [0.15, 0.2) is 11.5 Å². The van der Waals surface area contributed by atoms with E-state index >= 15 is 0 Å². The lowest BCUT2D eigenvalue weighted by atomic mass is 10.0. The first-order chi connectivity index (χ1) is 10.1. The van der Waals surface area contributed by atoms with Crippen LogP contribution in [0.25, 0.3) is 0 Å². The van der Waals surface area contributed by atoms with Gasteiger partial charge in [-0.1, -0.05) is 0 Å². The molecule has 1 fully saturated rings. The second-order valence-electron chi connectivity index (χ2n) is 5.14. The van der Waals surface area contributed by atoms with Gasteiger partial charge in [-0.05, 0) is 31.4 Å². The lowest BCUT2D eigenvalue weighted by Gasteiger charge is -2.20. The molecule has 1 unspecified atom stereocenters. The highest BCUT2D eigenvalue weighted by Crippen LogP contribution is 2.38. The molecule has 0 saturated heterocycles. The van der Waals surface area contributed by atoms with E-state index in [0.717, 1.165) is 6.54 Å². The molecule has 3 N–H and O–H groups in total. The number of ether oxygens (including phenoxy) is 3. The van der Waals surface area contributed by atoms with Crippen LogP contribution in [0.1, 0.15) is 24.4 Å². The predicted molar refractivity (Wildman–Crippen MR) is 78.8 cm³/mol. The van der Waals surface area contributed by atoms with Gasteiger partial charge in [0.05, 0.1) is 21.3 Å². The van der Waals surface area contributed by atoms with Crippen LogP contribution in [0.15, 0.2) is 12.1 Å². The maximum atomic E-state index is 11.8. The SMILES string of the molecule is COc1cc(OC)c(C(NCC2CC2)C(N)=O)cc1OC. The Kier molecular flexibility index (Phi) is 4.90. The number of benzene rings is 1. The molecule has 1 amide bonds. The van der Waals surface area contributed by atoms with Gasteiger partial charge in [0, 0.05) is 11.6 Å². The van der Waals surface area contributed by atoms with Crippen molar-refractivity contribution >= 4 is 5.91 Å². The van der Waals surface area contributed by atoms with Crippen LogP contribution in [0.4, 0.5) is 0 Å². The summed E-state index contributed by atoms with van der Waals surface area (Å²) in [7, 11) is 4.64. The van der Waals surface area contributed by atoms with Crippen LogP contribution in [0.5, 0.6) is 17.2 Å². The summed E-state index contributed by atoms with van der Waals surface area (Å²) in [5.74, 6) is 1.81. The fourth-order valence-corrected chi connectivity index (χ4v) is 2.25. The number of primary amides is 1. The Morgan fingerprint density at radius 3 is 2.24 bits per heavy atom. The first kappa shape index (κ1) is 15.4. The molecule has 2 rings (SSSR count). The number of nitrogens with two attached hydrogens (primary N) is 1. The van der Waals surface area contributed by atoms with Crippen molar-refractivity contribution in [1.29, 1.82) is 0 Å². The molecule has 6 nitrogen and oxygen atoms in total. The monoisotopic (exact) mass is 294 g/mol. The summed E-state index contributed by atoms with van der Waals surface area (Å²) in [5, 5.41) is 3.21. The number of carbonyl (C=O) groups is 1. The highest BCUT2D eigenvalue weighted by Gasteiger charge is 2.27. The van der Waals surface area contributed by atoms with E-state index in [1.165, 1.54) is 12.8 Å². The summed E-state index contributed by atoms with van der Waals surface area (Å²) in [4.78, 5) is 11.8. The Balaban J connectivity index is 2.34. The average Bonchev–Trinajstić information content (AvgIpc) is 3.30. The maximum Gasteiger partial charge on any atom is 0.239 e. The van der Waals surface area contributed by atoms with Crippen molar-refractivity contribution in [3.8, 4) is 17.2 Å². The van der Waals surface area contributed by atoms with E-state index in [2.05, 4.69) is 5.32 Å². The van der Waals surface area contributed by atoms with Crippen LogP contribution in [0.3, 0.4) is 0 Å². The molecule has 0 spiro atoms. The minimum atomic E-state index is -0.611. The molecule has 0 radical (unpaired) electrons. The third kappa shape index (κ3) is 3.58. The van der Waals surface area contributed by atoms with Crippen LogP contribution in [-0.2, 0) is 4.79 Å². The summed E-state index contributed by atoms with van der Waals surface area (Å²) < 4.78 is 15.9. The first-order valence-corrected chi connectivity index (χ1v) is 6.93. The van der Waals surface area contributed by atoms with E-state index in [0.29, 0.717) is 28.7 Å². The van der Waals surface area contributed by atoms with Crippen molar-refractivity contribution < 1.29 is 19.0 Å². The highest BCUT2D eigenvalue weighted by molar-refractivity contribution is 5.82. The number of methoxy groups -OCH3 is 3. The number of nitrogens with one attached hydrogen (secondary N) is 1. The molecule has 0 bridgehead atoms. The van der Waals surface area contributed by atoms with Crippen LogP contribution >= 0.6 is 0 Å². The van der Waals surface area contributed by atoms with Crippen molar-refractivity contribution in [2.24, 2.45) is 11.7 Å². The minimum Gasteiger partial charge on any atom is -0.496 e. The molecule has 1 aromatic rings. The van der Waals surface area contributed by atoms with Crippen LogP contribution in [-0.4, -0.2) is 33.8 Å². The van der Waals surface area contributed by atoms with E-state index in [9.17, 15) is 4.79 Å². The molecule has 0 aromatic heterocycles. The van der Waals surface area contributed by atoms with Crippen molar-refractivity contribution in [1.82, 2.24) is 5.32 Å². The highest BCUT2D eigenvalue weighted by atomic mass is 16.5. The van der Waals surface area contributed by atoms with Gasteiger partial charge in [-0.15, -0.1) is 0 Å². The molecule has 21 heavy (non-hydrogen) atoms. The van der Waals surface area contributed by atoms with Crippen molar-refractivity contribution in [2.75, 3.05) is 27.9 Å². The van der Waals surface area contributed by atoms with Gasteiger partial charge in [-0.2, -0.15) is 0 Å². The quantitative estimate of drug-likeness (QED) is 0.753. The summed E-state index contributed by atoms with van der Waals surface area (Å²) in [6.45, 7) is 0.769. The van der Waals surface area contributed by atoms with Gasteiger partial charge in [0.25, 0.3) is 0 Å². The zero-order chi connectivity index (χ0) is 15.4. The van der Waals surface area contributed by atoms with Gasteiger partial charge in [0.2, 0.25) is 5.91 Å². The molecule has 6 heteroatoms. The lowest BCUT2D eigenvalue weighted by molar-refractivity contribution is -0.120. The molecule has 0 heterocycles. The molecule has 1 aliphatic rings. The maximum absolute atomic E-state index is 11.8. The van der Waals surface area contributed by atoms with E-state index in [-0.39, 0.29) is 0 Å².